The van der Waals surface area contributed by atoms with Crippen LogP contribution >= 0.6 is 0 Å². The Kier molecular flexibility index (Phi) is 11.2. The molecular formula is C36H44N8O6. The van der Waals surface area contributed by atoms with Crippen molar-refractivity contribution in [1.29, 1.82) is 0 Å². The lowest BCUT2D eigenvalue weighted by atomic mass is 10.0. The number of imidazole rings is 2. The molecule has 264 valence electrons. The topological polar surface area (TPSA) is 183 Å². The van der Waals surface area contributed by atoms with Gasteiger partial charge in [0.1, 0.15) is 23.7 Å². The zero-order chi connectivity index (χ0) is 35.9. The van der Waals surface area contributed by atoms with Crippen molar-refractivity contribution in [3.8, 4) is 33.6 Å². The van der Waals surface area contributed by atoms with Crippen molar-refractivity contribution >= 4 is 24.0 Å². The van der Waals surface area contributed by atoms with E-state index < -0.39 is 24.3 Å². The van der Waals surface area contributed by atoms with Crippen LogP contribution in [0.15, 0.2) is 60.9 Å². The number of benzene rings is 2. The van der Waals surface area contributed by atoms with E-state index in [9.17, 15) is 19.2 Å². The Balaban J connectivity index is 1.23. The van der Waals surface area contributed by atoms with Gasteiger partial charge in [-0.05, 0) is 54.9 Å². The van der Waals surface area contributed by atoms with Crippen molar-refractivity contribution in [2.75, 3.05) is 20.8 Å². The van der Waals surface area contributed by atoms with Crippen LogP contribution < -0.4 is 16.0 Å². The number of carbonyl (C=O) groups is 4. The molecule has 4 atom stereocenters. The minimum absolute atomic E-state index is 0.0363. The molecule has 4 amide bonds. The smallest absolute Gasteiger partial charge is 0.407 e. The standard InChI is InChI=1S/C36H44N8O6/c1-20(2)30(43-33(45)21(3)39-35(47)49-5)32-38-19-28(42-32)26-15-11-24(12-16-26)23-9-13-25(14-10-23)27-18-37-31(41-27)29-8-7-17-44(29)34(46)22(4)40-36(48)50-6/h9-16,18-22,29-30H,7-8,17H2,1-6H3,(H,37,41)(H,38,42)(H,39,47)(H,40,48)(H,43,45)/t21-,22?,29-,30-/m0/s1. The normalized spacial score (nSPS) is 16.0. The summed E-state index contributed by atoms with van der Waals surface area (Å²) < 4.78 is 9.22. The lowest BCUT2D eigenvalue weighted by molar-refractivity contribution is -0.134. The molecule has 0 saturated carbocycles. The fraction of sp³-hybridized carbons (Fsp3) is 0.389. The minimum atomic E-state index is -0.773. The van der Waals surface area contributed by atoms with Gasteiger partial charge in [-0.2, -0.15) is 0 Å². The third kappa shape index (κ3) is 8.13. The van der Waals surface area contributed by atoms with E-state index in [-0.39, 0.29) is 29.8 Å². The molecular weight excluding hydrogens is 640 g/mol. The quantitative estimate of drug-likeness (QED) is 0.145. The van der Waals surface area contributed by atoms with Gasteiger partial charge in [0, 0.05) is 6.54 Å². The van der Waals surface area contributed by atoms with Crippen LogP contribution in [0.4, 0.5) is 9.59 Å². The first kappa shape index (κ1) is 35.6. The molecule has 2 aromatic carbocycles. The summed E-state index contributed by atoms with van der Waals surface area (Å²) in [6, 6.07) is 14.2. The number of rotatable bonds is 11. The number of aromatic amines is 2. The molecule has 1 aliphatic heterocycles. The summed E-state index contributed by atoms with van der Waals surface area (Å²) in [5.41, 5.74) is 5.66. The first-order valence-corrected chi connectivity index (χ1v) is 16.6. The molecule has 14 nitrogen and oxygen atoms in total. The first-order chi connectivity index (χ1) is 24.0. The molecule has 5 N–H and O–H groups in total. The van der Waals surface area contributed by atoms with E-state index in [2.05, 4.69) is 57.5 Å². The van der Waals surface area contributed by atoms with E-state index in [1.165, 1.54) is 14.2 Å². The van der Waals surface area contributed by atoms with Crippen LogP contribution in [0.3, 0.4) is 0 Å². The average molecular weight is 685 g/mol. The Hall–Kier alpha value is -5.66. The van der Waals surface area contributed by atoms with E-state index in [4.69, 9.17) is 0 Å². The summed E-state index contributed by atoms with van der Waals surface area (Å²) in [5.74, 6) is 0.847. The van der Waals surface area contributed by atoms with Crippen molar-refractivity contribution < 1.29 is 28.7 Å². The highest BCUT2D eigenvalue weighted by Gasteiger charge is 2.35. The van der Waals surface area contributed by atoms with Gasteiger partial charge in [0.2, 0.25) is 11.8 Å². The highest BCUT2D eigenvalue weighted by molar-refractivity contribution is 5.86. The lowest BCUT2D eigenvalue weighted by Gasteiger charge is -2.26. The number of likely N-dealkylation sites (tertiary alicyclic amines) is 1. The number of hydrogen-bond donors (Lipinski definition) is 5. The van der Waals surface area contributed by atoms with Crippen LogP contribution in [0.1, 0.15) is 64.3 Å². The van der Waals surface area contributed by atoms with Gasteiger partial charge in [-0.1, -0.05) is 62.4 Å². The van der Waals surface area contributed by atoms with Crippen LogP contribution in [-0.4, -0.2) is 81.7 Å². The van der Waals surface area contributed by atoms with Crippen LogP contribution in [0.2, 0.25) is 0 Å². The number of methoxy groups -OCH3 is 2. The summed E-state index contributed by atoms with van der Waals surface area (Å²) in [5, 5.41) is 7.99. The Morgan fingerprint density at radius 3 is 1.82 bits per heavy atom. The maximum absolute atomic E-state index is 13.1. The van der Waals surface area contributed by atoms with Crippen LogP contribution in [0.5, 0.6) is 0 Å². The van der Waals surface area contributed by atoms with Crippen molar-refractivity contribution in [3.05, 3.63) is 72.6 Å². The lowest BCUT2D eigenvalue weighted by Crippen LogP contribution is -2.46. The molecule has 1 fully saturated rings. The monoisotopic (exact) mass is 684 g/mol. The summed E-state index contributed by atoms with van der Waals surface area (Å²) in [7, 11) is 2.51. The van der Waals surface area contributed by atoms with Crippen molar-refractivity contribution in [3.63, 3.8) is 0 Å². The second-order valence-corrected chi connectivity index (χ2v) is 12.7. The van der Waals surface area contributed by atoms with Crippen molar-refractivity contribution in [2.45, 2.75) is 64.7 Å². The van der Waals surface area contributed by atoms with E-state index in [0.717, 1.165) is 46.5 Å². The third-order valence-electron chi connectivity index (χ3n) is 8.83. The number of amides is 4. The van der Waals surface area contributed by atoms with Gasteiger partial charge in [0.15, 0.2) is 0 Å². The van der Waals surface area contributed by atoms with Crippen molar-refractivity contribution in [1.82, 2.24) is 40.8 Å². The molecule has 0 spiro atoms. The zero-order valence-electron chi connectivity index (χ0n) is 29.1. The second kappa shape index (κ2) is 15.7. The van der Waals surface area contributed by atoms with E-state index in [1.54, 1.807) is 31.1 Å². The van der Waals surface area contributed by atoms with Gasteiger partial charge in [0.25, 0.3) is 0 Å². The molecule has 0 radical (unpaired) electrons. The van der Waals surface area contributed by atoms with Crippen LogP contribution in [0.25, 0.3) is 33.6 Å². The predicted molar refractivity (Wildman–Crippen MR) is 186 cm³/mol. The van der Waals surface area contributed by atoms with E-state index in [0.29, 0.717) is 18.2 Å². The molecule has 5 rings (SSSR count). The van der Waals surface area contributed by atoms with Gasteiger partial charge in [-0.25, -0.2) is 19.6 Å². The Morgan fingerprint density at radius 1 is 0.740 bits per heavy atom. The number of alkyl carbamates (subject to hydrolysis) is 2. The van der Waals surface area contributed by atoms with Gasteiger partial charge < -0.3 is 40.3 Å². The molecule has 3 heterocycles. The van der Waals surface area contributed by atoms with Gasteiger partial charge in [0.05, 0.1) is 50.1 Å². The fourth-order valence-electron chi connectivity index (χ4n) is 5.97. The number of nitrogens with one attached hydrogen (secondary N) is 5. The SMILES string of the molecule is COC(=O)NC(C)C(=O)N1CCC[C@H]1c1ncc(-c2ccc(-c3ccc(-c4cnc([C@@H](NC(=O)[C@H](C)NC(=O)OC)C(C)C)[nH]4)cc3)cc2)[nH]1. The number of H-pyrrole nitrogens is 2. The van der Waals surface area contributed by atoms with Gasteiger partial charge in [-0.3, -0.25) is 9.59 Å². The number of carbonyl (C=O) groups excluding carboxylic acids is 4. The molecule has 1 aliphatic rings. The maximum Gasteiger partial charge on any atom is 0.407 e. The van der Waals surface area contributed by atoms with Gasteiger partial charge >= 0.3 is 12.2 Å². The number of aromatic nitrogens is 4. The third-order valence-corrected chi connectivity index (χ3v) is 8.83. The molecule has 14 heteroatoms. The van der Waals surface area contributed by atoms with E-state index in [1.807, 2.05) is 50.2 Å². The molecule has 0 aliphatic carbocycles. The summed E-state index contributed by atoms with van der Waals surface area (Å²) >= 11 is 0. The minimum Gasteiger partial charge on any atom is -0.453 e. The molecule has 1 saturated heterocycles. The summed E-state index contributed by atoms with van der Waals surface area (Å²) in [6.45, 7) is 7.80. The Bertz CT molecular complexity index is 1720. The first-order valence-electron chi connectivity index (χ1n) is 16.6. The van der Waals surface area contributed by atoms with Crippen LogP contribution in [0, 0.1) is 5.92 Å². The maximum atomic E-state index is 13.1. The predicted octanol–water partition coefficient (Wildman–Crippen LogP) is 5.10. The van der Waals surface area contributed by atoms with Crippen LogP contribution in [-0.2, 0) is 19.1 Å². The molecule has 50 heavy (non-hydrogen) atoms. The van der Waals surface area contributed by atoms with E-state index >= 15 is 0 Å². The van der Waals surface area contributed by atoms with Gasteiger partial charge in [-0.15, -0.1) is 0 Å². The average Bonchev–Trinajstić information content (AvgIpc) is 3.91. The molecule has 0 bridgehead atoms. The number of hydrogen-bond acceptors (Lipinski definition) is 8. The Morgan fingerprint density at radius 2 is 1.26 bits per heavy atom. The summed E-state index contributed by atoms with van der Waals surface area (Å²) in [4.78, 5) is 66.6. The molecule has 2 aromatic heterocycles. The summed E-state index contributed by atoms with van der Waals surface area (Å²) in [6.07, 6.45) is 3.84. The molecule has 1 unspecified atom stereocenters. The molecule has 4 aromatic rings. The fourth-order valence-corrected chi connectivity index (χ4v) is 5.97. The zero-order valence-corrected chi connectivity index (χ0v) is 29.1. The second-order valence-electron chi connectivity index (χ2n) is 12.7. The Labute approximate surface area is 290 Å². The number of ether oxygens (including phenoxy) is 2. The largest absolute Gasteiger partial charge is 0.453 e. The highest BCUT2D eigenvalue weighted by atomic mass is 16.5. The van der Waals surface area contributed by atoms with Crippen molar-refractivity contribution in [2.24, 2.45) is 5.92 Å². The number of nitrogens with zero attached hydrogens (tertiary/aromatic N) is 3. The highest BCUT2D eigenvalue weighted by Crippen LogP contribution is 2.33.